The van der Waals surface area contributed by atoms with Crippen LogP contribution in [0.15, 0.2) is 12.1 Å². The second-order valence-electron chi connectivity index (χ2n) is 4.44. The lowest BCUT2D eigenvalue weighted by molar-refractivity contribution is -0.139. The fraction of sp³-hybridized carbons (Fsp3) is 0.643. The summed E-state index contributed by atoms with van der Waals surface area (Å²) in [4.78, 5) is 13.4. The quantitative estimate of drug-likeness (QED) is 0.510. The largest absolute Gasteiger partial charge is 0.469 e. The van der Waals surface area contributed by atoms with Crippen molar-refractivity contribution in [2.75, 3.05) is 20.3 Å². The van der Waals surface area contributed by atoms with Gasteiger partial charge in [-0.1, -0.05) is 12.8 Å². The number of carbonyl (C=O) groups excluding carboxylic acids is 1. The normalized spacial score (nSPS) is 10.6. The van der Waals surface area contributed by atoms with Crippen LogP contribution in [0.3, 0.4) is 0 Å². The van der Waals surface area contributed by atoms with Gasteiger partial charge in [0.05, 0.1) is 13.5 Å². The number of unbranched alkanes of at least 4 members (excludes halogenated alkanes) is 3. The summed E-state index contributed by atoms with van der Waals surface area (Å²) in [6.45, 7) is 2.15. The summed E-state index contributed by atoms with van der Waals surface area (Å²) in [5, 5.41) is 12.0. The van der Waals surface area contributed by atoms with Crippen LogP contribution in [0, 0.1) is 0 Å². The first-order valence-electron chi connectivity index (χ1n) is 6.72. The summed E-state index contributed by atoms with van der Waals surface area (Å²) in [5.41, 5.74) is 0. The lowest BCUT2D eigenvalue weighted by Gasteiger charge is -2.02. The molecule has 0 radical (unpaired) electrons. The van der Waals surface area contributed by atoms with Gasteiger partial charge in [-0.15, -0.1) is 11.3 Å². The van der Waals surface area contributed by atoms with E-state index in [9.17, 15) is 4.79 Å². The van der Waals surface area contributed by atoms with Crippen LogP contribution in [0.1, 0.15) is 35.4 Å². The van der Waals surface area contributed by atoms with E-state index in [-0.39, 0.29) is 5.97 Å². The number of hydrogen-bond acceptors (Lipinski definition) is 5. The number of esters is 1. The van der Waals surface area contributed by atoms with Crippen LogP contribution in [0.5, 0.6) is 0 Å². The molecule has 0 aromatic carbocycles. The lowest BCUT2D eigenvalue weighted by Crippen LogP contribution is -2.13. The number of thiophene rings is 1. The van der Waals surface area contributed by atoms with Crippen LogP contribution in [0.4, 0.5) is 0 Å². The fourth-order valence-electron chi connectivity index (χ4n) is 1.75. The van der Waals surface area contributed by atoms with Crippen molar-refractivity contribution in [1.82, 2.24) is 5.32 Å². The predicted molar refractivity (Wildman–Crippen MR) is 77.3 cm³/mol. The summed E-state index contributed by atoms with van der Waals surface area (Å²) in [5.74, 6) is -0.190. The molecule has 0 aliphatic rings. The number of carbonyl (C=O) groups is 1. The second-order valence-corrected chi connectivity index (χ2v) is 5.69. The first-order chi connectivity index (χ1) is 9.26. The van der Waals surface area contributed by atoms with E-state index in [1.165, 1.54) is 12.0 Å². The Morgan fingerprint density at radius 3 is 2.74 bits per heavy atom. The summed E-state index contributed by atoms with van der Waals surface area (Å²) >= 11 is 1.65. The molecule has 0 saturated heterocycles. The molecule has 1 rings (SSSR count). The molecular weight excluding hydrogens is 262 g/mol. The standard InChI is InChI=1S/C14H23NO3S/c1-18-14(17)10-12-6-7-13(19-12)11-15-8-4-2-3-5-9-16/h6-7,15-16H,2-5,8-11H2,1H3. The van der Waals surface area contributed by atoms with Crippen LogP contribution >= 0.6 is 11.3 Å². The third-order valence-corrected chi connectivity index (χ3v) is 3.91. The molecule has 19 heavy (non-hydrogen) atoms. The van der Waals surface area contributed by atoms with Crippen molar-refractivity contribution >= 4 is 17.3 Å². The van der Waals surface area contributed by atoms with E-state index in [0.29, 0.717) is 13.0 Å². The smallest absolute Gasteiger partial charge is 0.310 e. The maximum Gasteiger partial charge on any atom is 0.310 e. The van der Waals surface area contributed by atoms with E-state index in [2.05, 4.69) is 16.1 Å². The maximum absolute atomic E-state index is 11.1. The highest BCUT2D eigenvalue weighted by Gasteiger charge is 2.05. The van der Waals surface area contributed by atoms with Gasteiger partial charge in [-0.25, -0.2) is 0 Å². The lowest BCUT2D eigenvalue weighted by atomic mass is 10.2. The maximum atomic E-state index is 11.1. The predicted octanol–water partition coefficient (Wildman–Crippen LogP) is 2.11. The Balaban J connectivity index is 2.11. The van der Waals surface area contributed by atoms with E-state index in [0.717, 1.165) is 43.6 Å². The Kier molecular flexibility index (Phi) is 8.45. The van der Waals surface area contributed by atoms with Crippen molar-refractivity contribution in [2.24, 2.45) is 0 Å². The zero-order valence-electron chi connectivity index (χ0n) is 11.5. The summed E-state index contributed by atoms with van der Waals surface area (Å²) in [6, 6.07) is 4.04. The Morgan fingerprint density at radius 2 is 2.00 bits per heavy atom. The number of rotatable bonds is 10. The molecule has 1 aromatic heterocycles. The average Bonchev–Trinajstić information content (AvgIpc) is 2.85. The minimum Gasteiger partial charge on any atom is -0.469 e. The monoisotopic (exact) mass is 285 g/mol. The molecule has 2 N–H and O–H groups in total. The molecule has 0 fully saturated rings. The van der Waals surface area contributed by atoms with Gasteiger partial charge in [0.1, 0.15) is 0 Å². The third-order valence-electron chi connectivity index (χ3n) is 2.82. The minimum absolute atomic E-state index is 0.190. The van der Waals surface area contributed by atoms with Gasteiger partial charge < -0.3 is 15.2 Å². The molecule has 0 amide bonds. The molecule has 1 aromatic rings. The molecule has 4 nitrogen and oxygen atoms in total. The molecule has 0 saturated carbocycles. The van der Waals surface area contributed by atoms with Crippen molar-refractivity contribution in [3.63, 3.8) is 0 Å². The molecule has 108 valence electrons. The topological polar surface area (TPSA) is 58.6 Å². The molecule has 1 heterocycles. The van der Waals surface area contributed by atoms with Gasteiger partial charge in [-0.3, -0.25) is 4.79 Å². The number of aliphatic hydroxyl groups is 1. The van der Waals surface area contributed by atoms with Crippen molar-refractivity contribution in [2.45, 2.75) is 38.6 Å². The van der Waals surface area contributed by atoms with E-state index in [1.54, 1.807) is 11.3 Å². The van der Waals surface area contributed by atoms with Crippen molar-refractivity contribution < 1.29 is 14.6 Å². The third kappa shape index (κ3) is 7.30. The van der Waals surface area contributed by atoms with Crippen molar-refractivity contribution in [1.29, 1.82) is 0 Å². The van der Waals surface area contributed by atoms with Crippen LogP contribution in [-0.4, -0.2) is 31.3 Å². The van der Waals surface area contributed by atoms with Crippen LogP contribution in [0.2, 0.25) is 0 Å². The molecule has 5 heteroatoms. The van der Waals surface area contributed by atoms with Gasteiger partial charge in [-0.05, 0) is 31.5 Å². The Morgan fingerprint density at radius 1 is 1.26 bits per heavy atom. The fourth-order valence-corrected chi connectivity index (χ4v) is 2.73. The summed E-state index contributed by atoms with van der Waals surface area (Å²) < 4.78 is 4.64. The van der Waals surface area contributed by atoms with Crippen molar-refractivity contribution in [3.05, 3.63) is 21.9 Å². The van der Waals surface area contributed by atoms with Gasteiger partial charge in [-0.2, -0.15) is 0 Å². The second kappa shape index (κ2) is 9.95. The Hall–Kier alpha value is -0.910. The van der Waals surface area contributed by atoms with Crippen LogP contribution < -0.4 is 5.32 Å². The molecule has 0 spiro atoms. The van der Waals surface area contributed by atoms with E-state index < -0.39 is 0 Å². The highest BCUT2D eigenvalue weighted by molar-refractivity contribution is 7.12. The van der Waals surface area contributed by atoms with Gasteiger partial charge >= 0.3 is 5.97 Å². The molecule has 0 bridgehead atoms. The van der Waals surface area contributed by atoms with Gasteiger partial charge in [0, 0.05) is 22.9 Å². The molecule has 0 unspecified atom stereocenters. The number of hydrogen-bond donors (Lipinski definition) is 2. The first-order valence-corrected chi connectivity index (χ1v) is 7.54. The van der Waals surface area contributed by atoms with Gasteiger partial charge in [0.2, 0.25) is 0 Å². The zero-order chi connectivity index (χ0) is 13.9. The zero-order valence-corrected chi connectivity index (χ0v) is 12.3. The Bertz CT molecular complexity index is 365. The SMILES string of the molecule is COC(=O)Cc1ccc(CNCCCCCCO)s1. The summed E-state index contributed by atoms with van der Waals surface area (Å²) in [7, 11) is 1.41. The highest BCUT2D eigenvalue weighted by atomic mass is 32.1. The summed E-state index contributed by atoms with van der Waals surface area (Å²) in [6.07, 6.45) is 4.66. The van der Waals surface area contributed by atoms with Gasteiger partial charge in [0.15, 0.2) is 0 Å². The number of ether oxygens (including phenoxy) is 1. The first kappa shape index (κ1) is 16.1. The van der Waals surface area contributed by atoms with E-state index in [4.69, 9.17) is 5.11 Å². The van der Waals surface area contributed by atoms with Crippen molar-refractivity contribution in [3.8, 4) is 0 Å². The van der Waals surface area contributed by atoms with Crippen LogP contribution in [0.25, 0.3) is 0 Å². The molecule has 0 aliphatic heterocycles. The van der Waals surface area contributed by atoms with E-state index in [1.807, 2.05) is 6.07 Å². The van der Waals surface area contributed by atoms with E-state index >= 15 is 0 Å². The molecule has 0 aliphatic carbocycles. The molecular formula is C14H23NO3S. The number of nitrogens with one attached hydrogen (secondary N) is 1. The average molecular weight is 285 g/mol. The molecule has 0 atom stereocenters. The number of methoxy groups -OCH3 is 1. The highest BCUT2D eigenvalue weighted by Crippen LogP contribution is 2.17. The van der Waals surface area contributed by atoms with Gasteiger partial charge in [0.25, 0.3) is 0 Å². The Labute approximate surface area is 118 Å². The van der Waals surface area contributed by atoms with Crippen LogP contribution in [-0.2, 0) is 22.5 Å². The number of aliphatic hydroxyl groups excluding tert-OH is 1. The minimum atomic E-state index is -0.190.